The first-order chi connectivity index (χ1) is 13.0. The molecule has 1 heterocycles. The van der Waals surface area contributed by atoms with Crippen LogP contribution in [0.2, 0.25) is 5.02 Å². The first-order valence-corrected chi connectivity index (χ1v) is 9.66. The lowest BCUT2D eigenvalue weighted by Crippen LogP contribution is -2.31. The highest BCUT2D eigenvalue weighted by Crippen LogP contribution is 2.24. The molecule has 0 radical (unpaired) electrons. The van der Waals surface area contributed by atoms with E-state index in [1.807, 2.05) is 6.92 Å². The molecular weight excluding hydrogens is 389 g/mol. The van der Waals surface area contributed by atoms with Crippen LogP contribution in [-0.2, 0) is 11.3 Å². The highest BCUT2D eigenvalue weighted by atomic mass is 35.5. The summed E-state index contributed by atoms with van der Waals surface area (Å²) in [7, 11) is 0. The fraction of sp³-hybridized carbons (Fsp3) is 0.211. The fourth-order valence-electron chi connectivity index (χ4n) is 2.42. The van der Waals surface area contributed by atoms with Gasteiger partial charge >= 0.3 is 0 Å². The molecule has 1 amide bonds. The van der Waals surface area contributed by atoms with E-state index in [1.165, 1.54) is 23.9 Å². The van der Waals surface area contributed by atoms with Crippen LogP contribution in [-0.4, -0.2) is 33.3 Å². The summed E-state index contributed by atoms with van der Waals surface area (Å²) in [5.41, 5.74) is 1.50. The maximum absolute atomic E-state index is 13.3. The zero-order chi connectivity index (χ0) is 19.2. The lowest BCUT2D eigenvalue weighted by Gasteiger charge is -2.20. The number of nitrogens with zero attached hydrogens (tertiary/aromatic N) is 3. The van der Waals surface area contributed by atoms with Crippen molar-refractivity contribution in [3.8, 4) is 11.5 Å². The van der Waals surface area contributed by atoms with Gasteiger partial charge in [-0.05, 0) is 48.9 Å². The van der Waals surface area contributed by atoms with Crippen molar-refractivity contribution in [2.75, 3.05) is 12.3 Å². The third kappa shape index (κ3) is 5.30. The largest absolute Gasteiger partial charge is 0.411 e. The van der Waals surface area contributed by atoms with E-state index in [4.69, 9.17) is 16.0 Å². The first-order valence-electron chi connectivity index (χ1n) is 8.29. The standard InChI is InChI=1S/C19H17ClFN3O2S/c1-2-24(11-13-4-3-5-16(21)10-13)17(25)12-27-19-23-22-18(26-19)14-6-8-15(20)9-7-14/h3-10H,2,11-12H2,1H3. The molecule has 140 valence electrons. The summed E-state index contributed by atoms with van der Waals surface area (Å²) in [4.78, 5) is 14.1. The van der Waals surface area contributed by atoms with Gasteiger partial charge in [0.05, 0.1) is 5.75 Å². The second kappa shape index (κ2) is 9.01. The minimum absolute atomic E-state index is 0.0852. The third-order valence-corrected chi connectivity index (χ3v) is 4.87. The lowest BCUT2D eigenvalue weighted by atomic mass is 10.2. The Morgan fingerprint density at radius 3 is 2.70 bits per heavy atom. The molecule has 0 N–H and O–H groups in total. The SMILES string of the molecule is CCN(Cc1cccc(F)c1)C(=O)CSc1nnc(-c2ccc(Cl)cc2)o1. The number of aromatic nitrogens is 2. The van der Waals surface area contributed by atoms with Crippen LogP contribution in [0.3, 0.4) is 0 Å². The molecule has 0 aliphatic rings. The van der Waals surface area contributed by atoms with E-state index in [1.54, 1.807) is 41.3 Å². The number of rotatable bonds is 7. The molecule has 0 aliphatic heterocycles. The van der Waals surface area contributed by atoms with Gasteiger partial charge in [0.25, 0.3) is 5.22 Å². The molecule has 1 aromatic heterocycles. The van der Waals surface area contributed by atoms with Crippen LogP contribution >= 0.6 is 23.4 Å². The Morgan fingerprint density at radius 1 is 1.22 bits per heavy atom. The highest BCUT2D eigenvalue weighted by molar-refractivity contribution is 7.99. The van der Waals surface area contributed by atoms with Crippen LogP contribution in [0.1, 0.15) is 12.5 Å². The molecule has 0 bridgehead atoms. The highest BCUT2D eigenvalue weighted by Gasteiger charge is 2.16. The predicted molar refractivity (Wildman–Crippen MR) is 103 cm³/mol. The maximum atomic E-state index is 13.3. The molecule has 0 saturated heterocycles. The van der Waals surface area contributed by atoms with Crippen LogP contribution in [0.15, 0.2) is 58.2 Å². The van der Waals surface area contributed by atoms with Crippen molar-refractivity contribution in [2.24, 2.45) is 0 Å². The molecule has 0 fully saturated rings. The van der Waals surface area contributed by atoms with Gasteiger partial charge in [-0.1, -0.05) is 35.5 Å². The van der Waals surface area contributed by atoms with Crippen LogP contribution in [0.4, 0.5) is 4.39 Å². The van der Waals surface area contributed by atoms with E-state index in [2.05, 4.69) is 10.2 Å². The molecule has 2 aromatic carbocycles. The molecule has 3 aromatic rings. The normalized spacial score (nSPS) is 10.8. The van der Waals surface area contributed by atoms with Crippen molar-refractivity contribution in [3.63, 3.8) is 0 Å². The van der Waals surface area contributed by atoms with E-state index in [0.717, 1.165) is 11.1 Å². The van der Waals surface area contributed by atoms with E-state index >= 15 is 0 Å². The quantitative estimate of drug-likeness (QED) is 0.534. The van der Waals surface area contributed by atoms with E-state index in [-0.39, 0.29) is 17.5 Å². The number of amides is 1. The van der Waals surface area contributed by atoms with Crippen molar-refractivity contribution < 1.29 is 13.6 Å². The number of halogens is 2. The number of thioether (sulfide) groups is 1. The number of carbonyl (C=O) groups excluding carboxylic acids is 1. The molecular formula is C19H17ClFN3O2S. The summed E-state index contributed by atoms with van der Waals surface area (Å²) >= 11 is 7.04. The van der Waals surface area contributed by atoms with E-state index in [0.29, 0.717) is 29.2 Å². The summed E-state index contributed by atoms with van der Waals surface area (Å²) in [6, 6.07) is 13.3. The lowest BCUT2D eigenvalue weighted by molar-refractivity contribution is -0.128. The van der Waals surface area contributed by atoms with Crippen LogP contribution in [0.5, 0.6) is 0 Å². The van der Waals surface area contributed by atoms with Crippen LogP contribution in [0.25, 0.3) is 11.5 Å². The Bertz CT molecular complexity index is 917. The molecule has 5 nitrogen and oxygen atoms in total. The van der Waals surface area contributed by atoms with Gasteiger partial charge < -0.3 is 9.32 Å². The molecule has 0 aliphatic carbocycles. The number of hydrogen-bond acceptors (Lipinski definition) is 5. The van der Waals surface area contributed by atoms with E-state index in [9.17, 15) is 9.18 Å². The maximum Gasteiger partial charge on any atom is 0.277 e. The number of hydrogen-bond donors (Lipinski definition) is 0. The van der Waals surface area contributed by atoms with Gasteiger partial charge in [-0.25, -0.2) is 4.39 Å². The van der Waals surface area contributed by atoms with Crippen molar-refractivity contribution in [1.82, 2.24) is 15.1 Å². The summed E-state index contributed by atoms with van der Waals surface area (Å²) in [5, 5.41) is 8.89. The van der Waals surface area contributed by atoms with Gasteiger partial charge in [-0.15, -0.1) is 10.2 Å². The summed E-state index contributed by atoms with van der Waals surface area (Å²) in [6.07, 6.45) is 0. The second-order valence-corrected chi connectivity index (χ2v) is 7.07. The summed E-state index contributed by atoms with van der Waals surface area (Å²) in [5.74, 6) is 0.128. The third-order valence-electron chi connectivity index (χ3n) is 3.81. The van der Waals surface area contributed by atoms with Gasteiger partial charge in [0.1, 0.15) is 5.82 Å². The number of carbonyl (C=O) groups is 1. The summed E-state index contributed by atoms with van der Waals surface area (Å²) in [6.45, 7) is 2.76. The van der Waals surface area contributed by atoms with Crippen LogP contribution in [0, 0.1) is 5.82 Å². The Hall–Kier alpha value is -2.38. The zero-order valence-electron chi connectivity index (χ0n) is 14.6. The van der Waals surface area contributed by atoms with Gasteiger partial charge in [0.15, 0.2) is 0 Å². The Kier molecular flexibility index (Phi) is 6.47. The van der Waals surface area contributed by atoms with Crippen LogP contribution < -0.4 is 0 Å². The van der Waals surface area contributed by atoms with Gasteiger partial charge in [-0.3, -0.25) is 4.79 Å². The van der Waals surface area contributed by atoms with Crippen molar-refractivity contribution in [1.29, 1.82) is 0 Å². The Morgan fingerprint density at radius 2 is 2.00 bits per heavy atom. The minimum Gasteiger partial charge on any atom is -0.411 e. The molecule has 0 atom stereocenters. The minimum atomic E-state index is -0.314. The smallest absolute Gasteiger partial charge is 0.277 e. The second-order valence-electron chi connectivity index (χ2n) is 5.71. The van der Waals surface area contributed by atoms with Crippen molar-refractivity contribution in [3.05, 3.63) is 64.9 Å². The number of benzene rings is 2. The first kappa shape index (κ1) is 19.4. The fourth-order valence-corrected chi connectivity index (χ4v) is 3.22. The molecule has 0 spiro atoms. The molecule has 0 saturated carbocycles. The topological polar surface area (TPSA) is 59.2 Å². The van der Waals surface area contributed by atoms with Gasteiger partial charge in [0, 0.05) is 23.7 Å². The van der Waals surface area contributed by atoms with Crippen molar-refractivity contribution in [2.45, 2.75) is 18.7 Å². The molecule has 3 rings (SSSR count). The molecule has 8 heteroatoms. The average Bonchev–Trinajstić information content (AvgIpc) is 3.14. The average molecular weight is 406 g/mol. The molecule has 0 unspecified atom stereocenters. The monoisotopic (exact) mass is 405 g/mol. The zero-order valence-corrected chi connectivity index (χ0v) is 16.1. The van der Waals surface area contributed by atoms with Gasteiger partial charge in [0.2, 0.25) is 11.8 Å². The molecule has 27 heavy (non-hydrogen) atoms. The van der Waals surface area contributed by atoms with E-state index < -0.39 is 0 Å². The Labute approximate surface area is 165 Å². The van der Waals surface area contributed by atoms with Crippen molar-refractivity contribution >= 4 is 29.3 Å². The predicted octanol–water partition coefficient (Wildman–Crippen LogP) is 4.67. The Balaban J connectivity index is 1.58. The summed E-state index contributed by atoms with van der Waals surface area (Å²) < 4.78 is 18.9. The van der Waals surface area contributed by atoms with Gasteiger partial charge in [-0.2, -0.15) is 0 Å².